The van der Waals surface area contributed by atoms with Crippen LogP contribution in [0.4, 0.5) is 11.4 Å². The number of allylic oxidation sites excluding steroid dienone is 3. The lowest BCUT2D eigenvalue weighted by Gasteiger charge is -2.40. The van der Waals surface area contributed by atoms with E-state index >= 15 is 0 Å². The number of ketones is 1. The largest absolute Gasteiger partial charge is 0.384 e. The summed E-state index contributed by atoms with van der Waals surface area (Å²) in [5.41, 5.74) is 9.78. The highest BCUT2D eigenvalue weighted by Crippen LogP contribution is 2.47. The molecule has 0 aromatic heterocycles. The highest BCUT2D eigenvalue weighted by atomic mass is 35.5. The first-order chi connectivity index (χ1) is 14.8. The molecule has 2 aromatic carbocycles. The second kappa shape index (κ2) is 7.89. The van der Waals surface area contributed by atoms with Crippen LogP contribution in [0.2, 0.25) is 5.02 Å². The molecule has 0 fully saturated rings. The molecule has 0 saturated heterocycles. The van der Waals surface area contributed by atoms with Crippen LogP contribution in [0.1, 0.15) is 36.3 Å². The first-order valence-electron chi connectivity index (χ1n) is 9.80. The second-order valence-corrected chi connectivity index (χ2v) is 7.96. The van der Waals surface area contributed by atoms with E-state index in [1.54, 1.807) is 29.2 Å². The van der Waals surface area contributed by atoms with Crippen molar-refractivity contribution < 1.29 is 9.72 Å². The van der Waals surface area contributed by atoms with Crippen molar-refractivity contribution in [1.82, 2.24) is 0 Å². The highest BCUT2D eigenvalue weighted by molar-refractivity contribution is 6.31. The van der Waals surface area contributed by atoms with Crippen LogP contribution in [-0.2, 0) is 4.79 Å². The third-order valence-electron chi connectivity index (χ3n) is 5.81. The highest BCUT2D eigenvalue weighted by Gasteiger charge is 2.41. The zero-order valence-electron chi connectivity index (χ0n) is 16.8. The number of anilines is 1. The molecule has 1 heterocycles. The fourth-order valence-corrected chi connectivity index (χ4v) is 4.52. The van der Waals surface area contributed by atoms with Crippen molar-refractivity contribution in [1.29, 1.82) is 5.26 Å². The van der Waals surface area contributed by atoms with E-state index in [4.69, 9.17) is 17.3 Å². The van der Waals surface area contributed by atoms with Crippen LogP contribution >= 0.6 is 11.6 Å². The van der Waals surface area contributed by atoms with Gasteiger partial charge in [0.1, 0.15) is 5.82 Å². The molecule has 4 rings (SSSR count). The number of nitro groups is 1. The van der Waals surface area contributed by atoms with Crippen molar-refractivity contribution in [2.45, 2.75) is 32.1 Å². The molecule has 0 amide bonds. The van der Waals surface area contributed by atoms with Gasteiger partial charge in [0.05, 0.1) is 28.2 Å². The first kappa shape index (κ1) is 20.6. The van der Waals surface area contributed by atoms with Crippen molar-refractivity contribution in [3.8, 4) is 6.07 Å². The van der Waals surface area contributed by atoms with Gasteiger partial charge in [-0.25, -0.2) is 0 Å². The lowest BCUT2D eigenvalue weighted by molar-refractivity contribution is -0.384. The zero-order valence-corrected chi connectivity index (χ0v) is 17.5. The summed E-state index contributed by atoms with van der Waals surface area (Å²) < 4.78 is 0. The Bertz CT molecular complexity index is 1230. The Morgan fingerprint density at radius 3 is 2.71 bits per heavy atom. The van der Waals surface area contributed by atoms with E-state index in [2.05, 4.69) is 6.07 Å². The number of non-ortho nitro benzene ring substituents is 1. The van der Waals surface area contributed by atoms with Crippen LogP contribution in [0.3, 0.4) is 0 Å². The number of rotatable bonds is 3. The summed E-state index contributed by atoms with van der Waals surface area (Å²) >= 11 is 6.33. The van der Waals surface area contributed by atoms with E-state index in [0.29, 0.717) is 41.1 Å². The van der Waals surface area contributed by atoms with Crippen LogP contribution in [-0.4, -0.2) is 10.7 Å². The van der Waals surface area contributed by atoms with Gasteiger partial charge >= 0.3 is 0 Å². The van der Waals surface area contributed by atoms with E-state index in [1.807, 2.05) is 13.0 Å². The van der Waals surface area contributed by atoms with E-state index in [-0.39, 0.29) is 22.9 Å². The average Bonchev–Trinajstić information content (AvgIpc) is 2.75. The number of nitrogens with zero attached hydrogens (tertiary/aromatic N) is 3. The SMILES string of the molecule is Cc1c(Cl)cccc1N1C(N)=C(C#N)C(c2cccc([N+](=O)[O-])c2)C2=C1CCCC2=O. The average molecular weight is 435 g/mol. The molecule has 2 aliphatic rings. The lowest BCUT2D eigenvalue weighted by atomic mass is 9.75. The molecule has 0 radical (unpaired) electrons. The summed E-state index contributed by atoms with van der Waals surface area (Å²) in [6.07, 6.45) is 1.60. The Hall–Kier alpha value is -3.63. The van der Waals surface area contributed by atoms with Gasteiger partial charge in [-0.2, -0.15) is 5.26 Å². The fourth-order valence-electron chi connectivity index (χ4n) is 4.35. The molecular formula is C23H19ClN4O3. The minimum Gasteiger partial charge on any atom is -0.384 e. The van der Waals surface area contributed by atoms with Gasteiger partial charge in [-0.1, -0.05) is 29.8 Å². The zero-order chi connectivity index (χ0) is 22.3. The Morgan fingerprint density at radius 2 is 2.00 bits per heavy atom. The number of halogens is 1. The predicted molar refractivity (Wildman–Crippen MR) is 117 cm³/mol. The minimum absolute atomic E-state index is 0.0808. The summed E-state index contributed by atoms with van der Waals surface area (Å²) in [6.45, 7) is 1.86. The molecule has 8 heteroatoms. The van der Waals surface area contributed by atoms with E-state index in [1.165, 1.54) is 12.1 Å². The van der Waals surface area contributed by atoms with Crippen molar-refractivity contribution in [2.24, 2.45) is 5.73 Å². The van der Waals surface area contributed by atoms with E-state index in [0.717, 1.165) is 11.3 Å². The van der Waals surface area contributed by atoms with Gasteiger partial charge in [-0.3, -0.25) is 19.8 Å². The van der Waals surface area contributed by atoms with Gasteiger partial charge in [0.2, 0.25) is 0 Å². The number of hydrogen-bond acceptors (Lipinski definition) is 6. The predicted octanol–water partition coefficient (Wildman–Crippen LogP) is 4.86. The minimum atomic E-state index is -0.747. The molecule has 1 aliphatic carbocycles. The normalized spacial score (nSPS) is 18.7. The maximum absolute atomic E-state index is 13.1. The van der Waals surface area contributed by atoms with Gasteiger partial charge in [-0.05, 0) is 43.0 Å². The Labute approximate surface area is 184 Å². The number of nitriles is 1. The van der Waals surface area contributed by atoms with Crippen LogP contribution in [0.15, 0.2) is 65.1 Å². The smallest absolute Gasteiger partial charge is 0.269 e. The van der Waals surface area contributed by atoms with Crippen LogP contribution < -0.4 is 10.6 Å². The van der Waals surface area contributed by atoms with Gasteiger partial charge < -0.3 is 5.73 Å². The number of hydrogen-bond donors (Lipinski definition) is 1. The molecular weight excluding hydrogens is 416 g/mol. The molecule has 0 bridgehead atoms. The third kappa shape index (κ3) is 3.35. The number of nitrogens with two attached hydrogens (primary N) is 1. The summed E-state index contributed by atoms with van der Waals surface area (Å²) in [6, 6.07) is 13.6. The first-order valence-corrected chi connectivity index (χ1v) is 10.2. The van der Waals surface area contributed by atoms with Gasteiger partial charge in [0.15, 0.2) is 5.78 Å². The number of nitro benzene ring substituents is 1. The number of benzene rings is 2. The Morgan fingerprint density at radius 1 is 1.26 bits per heavy atom. The molecule has 0 spiro atoms. The number of Topliss-reactive ketones (excluding diaryl/α,β-unsaturated/α-hetero) is 1. The molecule has 2 N–H and O–H groups in total. The molecule has 0 saturated carbocycles. The van der Waals surface area contributed by atoms with E-state index < -0.39 is 10.8 Å². The van der Waals surface area contributed by atoms with Gasteiger partial charge in [0, 0.05) is 34.8 Å². The number of carbonyl (C=O) groups excluding carboxylic acids is 1. The van der Waals surface area contributed by atoms with Crippen LogP contribution in [0, 0.1) is 28.4 Å². The van der Waals surface area contributed by atoms with Gasteiger partial charge in [0.25, 0.3) is 5.69 Å². The molecule has 2 aromatic rings. The molecule has 1 unspecified atom stereocenters. The second-order valence-electron chi connectivity index (χ2n) is 7.55. The van der Waals surface area contributed by atoms with Crippen molar-refractivity contribution in [3.63, 3.8) is 0 Å². The summed E-state index contributed by atoms with van der Waals surface area (Å²) in [5.74, 6) is -0.621. The number of carbonyl (C=O) groups is 1. The molecule has 31 heavy (non-hydrogen) atoms. The van der Waals surface area contributed by atoms with Crippen LogP contribution in [0.5, 0.6) is 0 Å². The standard InChI is InChI=1S/C23H19ClN4O3/c1-13-17(24)7-3-8-18(13)27-19-9-4-10-20(29)22(19)21(16(12-25)23(27)26)14-5-2-6-15(11-14)28(30)31/h2-3,5-8,11,21H,4,9-10,26H2,1H3. The molecule has 156 valence electrons. The lowest BCUT2D eigenvalue weighted by Crippen LogP contribution is -2.39. The van der Waals surface area contributed by atoms with Crippen LogP contribution in [0.25, 0.3) is 0 Å². The molecule has 7 nitrogen and oxygen atoms in total. The summed E-state index contributed by atoms with van der Waals surface area (Å²) in [5, 5.41) is 21.9. The van der Waals surface area contributed by atoms with Crippen molar-refractivity contribution >= 4 is 28.8 Å². The summed E-state index contributed by atoms with van der Waals surface area (Å²) in [4.78, 5) is 25.7. The third-order valence-corrected chi connectivity index (χ3v) is 6.22. The van der Waals surface area contributed by atoms with Crippen molar-refractivity contribution in [2.75, 3.05) is 4.90 Å². The monoisotopic (exact) mass is 434 g/mol. The van der Waals surface area contributed by atoms with E-state index in [9.17, 15) is 20.2 Å². The molecule has 1 atom stereocenters. The quantitative estimate of drug-likeness (QED) is 0.545. The topological polar surface area (TPSA) is 113 Å². The Balaban J connectivity index is 2.00. The van der Waals surface area contributed by atoms with Crippen molar-refractivity contribution in [3.05, 3.63) is 91.4 Å². The molecule has 1 aliphatic heterocycles. The van der Waals surface area contributed by atoms with Gasteiger partial charge in [-0.15, -0.1) is 0 Å². The fraction of sp³-hybridized carbons (Fsp3) is 0.217. The Kier molecular flexibility index (Phi) is 5.25. The maximum atomic E-state index is 13.1. The summed E-state index contributed by atoms with van der Waals surface area (Å²) in [7, 11) is 0. The maximum Gasteiger partial charge on any atom is 0.269 e.